The summed E-state index contributed by atoms with van der Waals surface area (Å²) in [6.45, 7) is 1.56. The van der Waals surface area contributed by atoms with Gasteiger partial charge in [-0.05, 0) is 37.8 Å². The highest BCUT2D eigenvalue weighted by Crippen LogP contribution is 2.31. The Bertz CT molecular complexity index is 548. The Hall–Kier alpha value is -2.09. The van der Waals surface area contributed by atoms with Crippen LogP contribution in [-0.4, -0.2) is 30.1 Å². The largest absolute Gasteiger partial charge is 0.460 e. The summed E-state index contributed by atoms with van der Waals surface area (Å²) < 4.78 is 5.55. The van der Waals surface area contributed by atoms with E-state index in [-0.39, 0.29) is 18.0 Å². The molecule has 1 saturated carbocycles. The molecule has 0 spiro atoms. The lowest BCUT2D eigenvalue weighted by Crippen LogP contribution is -2.41. The van der Waals surface area contributed by atoms with E-state index in [0.717, 1.165) is 38.0 Å². The number of carbonyl (C=O) groups is 1. The van der Waals surface area contributed by atoms with Crippen LogP contribution in [-0.2, 0) is 9.53 Å². The number of nitriles is 1. The zero-order valence-corrected chi connectivity index (χ0v) is 11.3. The summed E-state index contributed by atoms with van der Waals surface area (Å²) in [5.41, 5.74) is 0.604. The van der Waals surface area contributed by atoms with E-state index in [0.29, 0.717) is 12.1 Å². The van der Waals surface area contributed by atoms with Crippen molar-refractivity contribution < 1.29 is 9.53 Å². The smallest absolute Gasteiger partial charge is 0.309 e. The van der Waals surface area contributed by atoms with E-state index in [1.165, 1.54) is 0 Å². The van der Waals surface area contributed by atoms with Crippen molar-refractivity contribution in [1.82, 2.24) is 4.98 Å². The topological polar surface area (TPSA) is 66.2 Å². The maximum atomic E-state index is 11.7. The number of piperidine rings is 1. The number of hydrogen-bond donors (Lipinski definition) is 0. The SMILES string of the molecule is N#Cc1ccnc(N2CCCC(OC(=O)C3CC3)C2)c1. The second-order valence-corrected chi connectivity index (χ2v) is 5.44. The number of aromatic nitrogens is 1. The number of esters is 1. The summed E-state index contributed by atoms with van der Waals surface area (Å²) in [6, 6.07) is 5.60. The van der Waals surface area contributed by atoms with Gasteiger partial charge in [0.15, 0.2) is 0 Å². The van der Waals surface area contributed by atoms with Gasteiger partial charge in [-0.3, -0.25) is 4.79 Å². The van der Waals surface area contributed by atoms with Crippen molar-refractivity contribution in [2.45, 2.75) is 31.8 Å². The molecule has 5 heteroatoms. The molecule has 1 unspecified atom stereocenters. The fraction of sp³-hybridized carbons (Fsp3) is 0.533. The Morgan fingerprint density at radius 3 is 3.05 bits per heavy atom. The van der Waals surface area contributed by atoms with Crippen LogP contribution < -0.4 is 4.90 Å². The molecule has 0 aromatic carbocycles. The lowest BCUT2D eigenvalue weighted by atomic mass is 10.1. The van der Waals surface area contributed by atoms with Gasteiger partial charge in [0, 0.05) is 12.7 Å². The van der Waals surface area contributed by atoms with Crippen LogP contribution in [0.15, 0.2) is 18.3 Å². The summed E-state index contributed by atoms with van der Waals surface area (Å²) in [7, 11) is 0. The molecular weight excluding hydrogens is 254 g/mol. The number of pyridine rings is 1. The minimum Gasteiger partial charge on any atom is -0.460 e. The third-order valence-corrected chi connectivity index (χ3v) is 3.77. The van der Waals surface area contributed by atoms with Crippen LogP contribution in [0.25, 0.3) is 0 Å². The van der Waals surface area contributed by atoms with Crippen molar-refractivity contribution in [3.63, 3.8) is 0 Å². The van der Waals surface area contributed by atoms with E-state index in [1.54, 1.807) is 18.3 Å². The fourth-order valence-electron chi connectivity index (χ4n) is 2.48. The molecule has 2 heterocycles. The predicted octanol–water partition coefficient (Wildman–Crippen LogP) is 1.88. The molecule has 0 bridgehead atoms. The second-order valence-electron chi connectivity index (χ2n) is 5.44. The van der Waals surface area contributed by atoms with E-state index in [2.05, 4.69) is 16.0 Å². The van der Waals surface area contributed by atoms with Gasteiger partial charge in [-0.2, -0.15) is 5.26 Å². The minimum absolute atomic E-state index is 0.0458. The van der Waals surface area contributed by atoms with E-state index < -0.39 is 0 Å². The molecule has 1 aromatic rings. The van der Waals surface area contributed by atoms with Crippen molar-refractivity contribution in [2.75, 3.05) is 18.0 Å². The van der Waals surface area contributed by atoms with Gasteiger partial charge in [-0.25, -0.2) is 4.98 Å². The van der Waals surface area contributed by atoms with Crippen LogP contribution in [0.2, 0.25) is 0 Å². The van der Waals surface area contributed by atoms with Gasteiger partial charge >= 0.3 is 5.97 Å². The van der Waals surface area contributed by atoms with Gasteiger partial charge in [0.05, 0.1) is 24.1 Å². The van der Waals surface area contributed by atoms with Crippen molar-refractivity contribution in [1.29, 1.82) is 5.26 Å². The van der Waals surface area contributed by atoms with E-state index >= 15 is 0 Å². The van der Waals surface area contributed by atoms with Crippen molar-refractivity contribution in [3.8, 4) is 6.07 Å². The standard InChI is InChI=1S/C15H17N3O2/c16-9-11-5-6-17-14(8-11)18-7-1-2-13(10-18)20-15(19)12-3-4-12/h5-6,8,12-13H,1-4,7,10H2. The fourth-order valence-corrected chi connectivity index (χ4v) is 2.48. The molecule has 0 amide bonds. The summed E-state index contributed by atoms with van der Waals surface area (Å²) in [6.07, 6.45) is 5.42. The zero-order chi connectivity index (χ0) is 13.9. The first kappa shape index (κ1) is 12.9. The maximum Gasteiger partial charge on any atom is 0.309 e. The first-order valence-electron chi connectivity index (χ1n) is 7.08. The lowest BCUT2D eigenvalue weighted by molar-refractivity contribution is -0.151. The van der Waals surface area contributed by atoms with Gasteiger partial charge in [-0.1, -0.05) is 0 Å². The quantitative estimate of drug-likeness (QED) is 0.785. The maximum absolute atomic E-state index is 11.7. The third-order valence-electron chi connectivity index (χ3n) is 3.77. The number of nitrogens with zero attached hydrogens (tertiary/aromatic N) is 3. The second kappa shape index (κ2) is 5.49. The third kappa shape index (κ3) is 2.90. The summed E-state index contributed by atoms with van der Waals surface area (Å²) in [5, 5.41) is 8.93. The van der Waals surface area contributed by atoms with Crippen molar-refractivity contribution in [2.24, 2.45) is 5.92 Å². The molecule has 2 aliphatic rings. The number of hydrogen-bond acceptors (Lipinski definition) is 5. The highest BCUT2D eigenvalue weighted by atomic mass is 16.5. The number of carbonyl (C=O) groups excluding carboxylic acids is 1. The molecular formula is C15H17N3O2. The molecule has 3 rings (SSSR count). The molecule has 0 radical (unpaired) electrons. The Balaban J connectivity index is 1.64. The van der Waals surface area contributed by atoms with E-state index in [4.69, 9.17) is 10.00 Å². The highest BCUT2D eigenvalue weighted by Gasteiger charge is 2.34. The van der Waals surface area contributed by atoms with Crippen LogP contribution in [0.1, 0.15) is 31.2 Å². The summed E-state index contributed by atoms with van der Waals surface area (Å²) >= 11 is 0. The Labute approximate surface area is 118 Å². The molecule has 104 valence electrons. The lowest BCUT2D eigenvalue weighted by Gasteiger charge is -2.33. The molecule has 0 N–H and O–H groups in total. The number of anilines is 1. The first-order chi connectivity index (χ1) is 9.76. The predicted molar refractivity (Wildman–Crippen MR) is 73.0 cm³/mol. The van der Waals surface area contributed by atoms with Crippen LogP contribution in [0, 0.1) is 17.2 Å². The summed E-state index contributed by atoms with van der Waals surface area (Å²) in [4.78, 5) is 18.1. The number of rotatable bonds is 3. The van der Waals surface area contributed by atoms with E-state index in [1.807, 2.05) is 0 Å². The van der Waals surface area contributed by atoms with Gasteiger partial charge in [0.25, 0.3) is 0 Å². The van der Waals surface area contributed by atoms with Crippen LogP contribution >= 0.6 is 0 Å². The van der Waals surface area contributed by atoms with E-state index in [9.17, 15) is 4.79 Å². The van der Waals surface area contributed by atoms with Crippen molar-refractivity contribution >= 4 is 11.8 Å². The van der Waals surface area contributed by atoms with Gasteiger partial charge < -0.3 is 9.64 Å². The zero-order valence-electron chi connectivity index (χ0n) is 11.3. The average molecular weight is 271 g/mol. The molecule has 2 fully saturated rings. The first-order valence-corrected chi connectivity index (χ1v) is 7.08. The molecule has 5 nitrogen and oxygen atoms in total. The Morgan fingerprint density at radius 1 is 1.45 bits per heavy atom. The van der Waals surface area contributed by atoms with Crippen molar-refractivity contribution in [3.05, 3.63) is 23.9 Å². The monoisotopic (exact) mass is 271 g/mol. The average Bonchev–Trinajstić information content (AvgIpc) is 3.32. The summed E-state index contributed by atoms with van der Waals surface area (Å²) in [5.74, 6) is 0.886. The normalized spacial score (nSPS) is 22.1. The van der Waals surface area contributed by atoms with Crippen LogP contribution in [0.5, 0.6) is 0 Å². The van der Waals surface area contributed by atoms with Gasteiger partial charge in [0.2, 0.25) is 0 Å². The molecule has 1 aliphatic carbocycles. The molecule has 1 atom stereocenters. The molecule has 1 aliphatic heterocycles. The number of ether oxygens (including phenoxy) is 1. The van der Waals surface area contributed by atoms with Gasteiger partial charge in [0.1, 0.15) is 11.9 Å². The molecule has 1 aromatic heterocycles. The van der Waals surface area contributed by atoms with Crippen LogP contribution in [0.4, 0.5) is 5.82 Å². The molecule has 20 heavy (non-hydrogen) atoms. The van der Waals surface area contributed by atoms with Crippen LogP contribution in [0.3, 0.4) is 0 Å². The minimum atomic E-state index is -0.0515. The molecule has 1 saturated heterocycles. The Kier molecular flexibility index (Phi) is 3.55. The highest BCUT2D eigenvalue weighted by molar-refractivity contribution is 5.75. The van der Waals surface area contributed by atoms with Gasteiger partial charge in [-0.15, -0.1) is 0 Å². The Morgan fingerprint density at radius 2 is 2.30 bits per heavy atom.